The molecule has 0 rings (SSSR count). The molecule has 0 saturated carbocycles. The van der Waals surface area contributed by atoms with E-state index >= 15 is 0 Å². The maximum absolute atomic E-state index is 10.9. The summed E-state index contributed by atoms with van der Waals surface area (Å²) >= 11 is 0. The van der Waals surface area contributed by atoms with E-state index < -0.39 is 18.2 Å². The molecule has 0 heterocycles. The van der Waals surface area contributed by atoms with Gasteiger partial charge in [-0.3, -0.25) is 10.1 Å². The zero-order valence-electron chi connectivity index (χ0n) is 11.9. The van der Waals surface area contributed by atoms with E-state index in [1.165, 1.54) is 0 Å². The van der Waals surface area contributed by atoms with Crippen molar-refractivity contribution in [3.05, 3.63) is 10.1 Å². The van der Waals surface area contributed by atoms with Gasteiger partial charge < -0.3 is 10.2 Å². The van der Waals surface area contributed by atoms with Crippen molar-refractivity contribution in [2.45, 2.75) is 71.6 Å². The topological polar surface area (TPSA) is 83.6 Å². The molecule has 0 aromatic rings. The first-order chi connectivity index (χ1) is 8.25. The Morgan fingerprint density at radius 2 is 1.22 bits per heavy atom. The van der Waals surface area contributed by atoms with Gasteiger partial charge in [0.2, 0.25) is 6.04 Å². The Labute approximate surface area is 109 Å². The minimum absolute atomic E-state index is 0.124. The summed E-state index contributed by atoms with van der Waals surface area (Å²) < 4.78 is 0. The molecular formula is C13H27NO4. The number of nitrogens with zero attached hydrogens (tertiary/aromatic N) is 1. The van der Waals surface area contributed by atoms with Gasteiger partial charge in [0.1, 0.15) is 0 Å². The van der Waals surface area contributed by atoms with E-state index in [9.17, 15) is 20.3 Å². The summed E-state index contributed by atoms with van der Waals surface area (Å²) in [7, 11) is 0. The largest absolute Gasteiger partial charge is 0.393 e. The number of aliphatic hydroxyl groups is 2. The summed E-state index contributed by atoms with van der Waals surface area (Å²) in [5.74, 6) is 0.248. The van der Waals surface area contributed by atoms with Crippen LogP contribution in [0, 0.1) is 22.0 Å². The van der Waals surface area contributed by atoms with Crippen molar-refractivity contribution >= 4 is 0 Å². The third-order valence-corrected chi connectivity index (χ3v) is 3.43. The lowest BCUT2D eigenvalue weighted by Crippen LogP contribution is -2.26. The minimum atomic E-state index is -0.660. The monoisotopic (exact) mass is 261 g/mol. The minimum Gasteiger partial charge on any atom is -0.393 e. The normalized spacial score (nSPS) is 16.9. The fraction of sp³-hybridized carbons (Fsp3) is 1.00. The predicted octanol–water partition coefficient (Wildman–Crippen LogP) is 2.23. The average Bonchev–Trinajstić information content (AvgIpc) is 2.27. The van der Waals surface area contributed by atoms with E-state index in [4.69, 9.17) is 0 Å². The van der Waals surface area contributed by atoms with E-state index in [-0.39, 0.29) is 16.8 Å². The van der Waals surface area contributed by atoms with Crippen LogP contribution in [0.25, 0.3) is 0 Å². The van der Waals surface area contributed by atoms with Crippen LogP contribution in [0.4, 0.5) is 0 Å². The Bertz CT molecular complexity index is 225. The molecule has 0 radical (unpaired) electrons. The molecule has 0 spiro atoms. The van der Waals surface area contributed by atoms with Crippen LogP contribution < -0.4 is 0 Å². The number of hydrogen-bond donors (Lipinski definition) is 2. The second-order valence-electron chi connectivity index (χ2n) is 5.72. The van der Waals surface area contributed by atoms with Crippen LogP contribution in [-0.2, 0) is 0 Å². The van der Waals surface area contributed by atoms with E-state index in [1.54, 1.807) is 0 Å². The maximum atomic E-state index is 10.9. The van der Waals surface area contributed by atoms with E-state index in [2.05, 4.69) is 0 Å². The molecule has 2 N–H and O–H groups in total. The summed E-state index contributed by atoms with van der Waals surface area (Å²) in [5.41, 5.74) is 0. The molecule has 0 amide bonds. The second-order valence-corrected chi connectivity index (χ2v) is 5.72. The van der Waals surface area contributed by atoms with Crippen molar-refractivity contribution in [1.82, 2.24) is 0 Å². The van der Waals surface area contributed by atoms with Gasteiger partial charge in [-0.05, 0) is 24.7 Å². The molecule has 0 bridgehead atoms. The highest BCUT2D eigenvalue weighted by Crippen LogP contribution is 2.17. The van der Waals surface area contributed by atoms with Crippen LogP contribution in [0.1, 0.15) is 53.4 Å². The van der Waals surface area contributed by atoms with Gasteiger partial charge in [-0.2, -0.15) is 0 Å². The van der Waals surface area contributed by atoms with Gasteiger partial charge in [0.15, 0.2) is 0 Å². The SMILES string of the molecule is CC(C)C(O)CCC(CCC(O)C(C)C)[N+](=O)[O-]. The molecule has 2 atom stereocenters. The lowest BCUT2D eigenvalue weighted by atomic mass is 9.95. The predicted molar refractivity (Wildman–Crippen MR) is 70.9 cm³/mol. The summed E-state index contributed by atoms with van der Waals surface area (Å²) in [6.07, 6.45) is 0.668. The first-order valence-electron chi connectivity index (χ1n) is 6.75. The van der Waals surface area contributed by atoms with Crippen molar-refractivity contribution < 1.29 is 15.1 Å². The quantitative estimate of drug-likeness (QED) is 0.492. The Morgan fingerprint density at radius 1 is 0.889 bits per heavy atom. The molecule has 0 aliphatic heterocycles. The molecule has 0 aromatic heterocycles. The van der Waals surface area contributed by atoms with E-state index in [0.29, 0.717) is 25.7 Å². The Balaban J connectivity index is 4.12. The molecule has 0 aromatic carbocycles. The molecule has 5 heteroatoms. The van der Waals surface area contributed by atoms with Crippen molar-refractivity contribution in [2.24, 2.45) is 11.8 Å². The lowest BCUT2D eigenvalue weighted by Gasteiger charge is -2.18. The molecule has 0 saturated heterocycles. The van der Waals surface area contributed by atoms with Crippen LogP contribution in [0.15, 0.2) is 0 Å². The van der Waals surface area contributed by atoms with Gasteiger partial charge >= 0.3 is 0 Å². The second kappa shape index (κ2) is 8.43. The number of aliphatic hydroxyl groups excluding tert-OH is 2. The Kier molecular flexibility index (Phi) is 8.11. The zero-order chi connectivity index (χ0) is 14.3. The standard InChI is InChI=1S/C13H27NO4/c1-9(2)12(15)7-5-11(14(17)18)6-8-13(16)10(3)4/h9-13,15-16H,5-8H2,1-4H3. The van der Waals surface area contributed by atoms with Gasteiger partial charge in [0.25, 0.3) is 0 Å². The molecular weight excluding hydrogens is 234 g/mol. The summed E-state index contributed by atoms with van der Waals surface area (Å²) in [4.78, 5) is 10.6. The first kappa shape index (κ1) is 17.3. The van der Waals surface area contributed by atoms with Crippen molar-refractivity contribution in [1.29, 1.82) is 0 Å². The Hall–Kier alpha value is -0.680. The lowest BCUT2D eigenvalue weighted by molar-refractivity contribution is -0.525. The van der Waals surface area contributed by atoms with Crippen LogP contribution in [0.2, 0.25) is 0 Å². The third-order valence-electron chi connectivity index (χ3n) is 3.43. The van der Waals surface area contributed by atoms with E-state index in [1.807, 2.05) is 27.7 Å². The molecule has 5 nitrogen and oxygen atoms in total. The van der Waals surface area contributed by atoms with Crippen molar-refractivity contribution in [3.8, 4) is 0 Å². The summed E-state index contributed by atoms with van der Waals surface area (Å²) in [5, 5.41) is 30.2. The third kappa shape index (κ3) is 6.91. The van der Waals surface area contributed by atoms with Gasteiger partial charge in [-0.15, -0.1) is 0 Å². The zero-order valence-corrected chi connectivity index (χ0v) is 11.9. The number of hydrogen-bond acceptors (Lipinski definition) is 4. The fourth-order valence-corrected chi connectivity index (χ4v) is 1.75. The number of rotatable bonds is 9. The first-order valence-corrected chi connectivity index (χ1v) is 6.75. The van der Waals surface area contributed by atoms with Gasteiger partial charge in [0, 0.05) is 17.8 Å². The van der Waals surface area contributed by atoms with Crippen LogP contribution in [0.3, 0.4) is 0 Å². The highest BCUT2D eigenvalue weighted by Gasteiger charge is 2.24. The highest BCUT2D eigenvalue weighted by atomic mass is 16.6. The van der Waals surface area contributed by atoms with Gasteiger partial charge in [-0.1, -0.05) is 27.7 Å². The molecule has 0 aliphatic carbocycles. The maximum Gasteiger partial charge on any atom is 0.213 e. The highest BCUT2D eigenvalue weighted by molar-refractivity contribution is 4.68. The van der Waals surface area contributed by atoms with Crippen LogP contribution >= 0.6 is 0 Å². The smallest absolute Gasteiger partial charge is 0.213 e. The van der Waals surface area contributed by atoms with Gasteiger partial charge in [0.05, 0.1) is 12.2 Å². The van der Waals surface area contributed by atoms with Crippen LogP contribution in [-0.4, -0.2) is 33.4 Å². The van der Waals surface area contributed by atoms with Crippen molar-refractivity contribution in [2.75, 3.05) is 0 Å². The molecule has 108 valence electrons. The Morgan fingerprint density at radius 3 is 1.44 bits per heavy atom. The van der Waals surface area contributed by atoms with E-state index in [0.717, 1.165) is 0 Å². The molecule has 18 heavy (non-hydrogen) atoms. The molecule has 0 aliphatic rings. The summed E-state index contributed by atoms with van der Waals surface area (Å²) in [6, 6.07) is -0.660. The fourth-order valence-electron chi connectivity index (χ4n) is 1.75. The summed E-state index contributed by atoms with van der Waals surface area (Å²) in [6.45, 7) is 7.59. The van der Waals surface area contributed by atoms with Crippen molar-refractivity contribution in [3.63, 3.8) is 0 Å². The average molecular weight is 261 g/mol. The van der Waals surface area contributed by atoms with Gasteiger partial charge in [-0.25, -0.2) is 0 Å². The van der Waals surface area contributed by atoms with Crippen LogP contribution in [0.5, 0.6) is 0 Å². The number of nitro groups is 1. The molecule has 2 unspecified atom stereocenters. The molecule has 0 fully saturated rings.